The van der Waals surface area contributed by atoms with E-state index in [1.54, 1.807) is 0 Å². The van der Waals surface area contributed by atoms with Crippen molar-refractivity contribution in [1.29, 1.82) is 0 Å². The molecule has 0 aliphatic rings. The third-order valence-corrected chi connectivity index (χ3v) is 3.77. The summed E-state index contributed by atoms with van der Waals surface area (Å²) in [6.07, 6.45) is 1.02. The number of halogens is 1. The number of ether oxygens (including phenoxy) is 1. The molecule has 118 valence electrons. The van der Waals surface area contributed by atoms with Gasteiger partial charge in [-0.15, -0.1) is 0 Å². The lowest BCUT2D eigenvalue weighted by Gasteiger charge is -2.12. The summed E-state index contributed by atoms with van der Waals surface area (Å²) in [5.74, 6) is 0.917. The summed E-state index contributed by atoms with van der Waals surface area (Å²) in [4.78, 5) is 0. The largest absolute Gasteiger partial charge is 0.494 e. The van der Waals surface area contributed by atoms with Gasteiger partial charge in [-0.2, -0.15) is 0 Å². The normalized spacial score (nSPS) is 10.3. The molecule has 2 aromatic carbocycles. The van der Waals surface area contributed by atoms with Gasteiger partial charge in [-0.05, 0) is 55.3 Å². The fourth-order valence-corrected chi connectivity index (χ4v) is 2.27. The predicted molar refractivity (Wildman–Crippen MR) is 95.4 cm³/mol. The molecule has 2 N–H and O–H groups in total. The molecule has 0 saturated carbocycles. The van der Waals surface area contributed by atoms with E-state index in [0.717, 1.165) is 53.8 Å². The summed E-state index contributed by atoms with van der Waals surface area (Å²) in [6, 6.07) is 14.0. The van der Waals surface area contributed by atoms with Crippen LogP contribution in [0.3, 0.4) is 0 Å². The van der Waals surface area contributed by atoms with Crippen LogP contribution in [0, 0.1) is 6.92 Å². The van der Waals surface area contributed by atoms with E-state index in [-0.39, 0.29) is 0 Å². The molecule has 0 amide bonds. The second kappa shape index (κ2) is 8.54. The monoisotopic (exact) mass is 318 g/mol. The Morgan fingerprint density at radius 1 is 1.00 bits per heavy atom. The Morgan fingerprint density at radius 3 is 2.45 bits per heavy atom. The maximum atomic E-state index is 6.11. The number of benzene rings is 2. The first-order valence-corrected chi connectivity index (χ1v) is 8.04. The van der Waals surface area contributed by atoms with Crippen molar-refractivity contribution in [1.82, 2.24) is 0 Å². The summed E-state index contributed by atoms with van der Waals surface area (Å²) in [5.41, 5.74) is 3.26. The Labute approximate surface area is 137 Å². The zero-order chi connectivity index (χ0) is 15.8. The average Bonchev–Trinajstić information content (AvgIpc) is 2.54. The molecule has 22 heavy (non-hydrogen) atoms. The molecule has 0 radical (unpaired) electrons. The molecule has 3 nitrogen and oxygen atoms in total. The number of hydrogen-bond donors (Lipinski definition) is 2. The molecular formula is C18H23ClN2O. The molecule has 0 fully saturated rings. The first-order valence-electron chi connectivity index (χ1n) is 7.66. The van der Waals surface area contributed by atoms with E-state index in [2.05, 4.69) is 17.6 Å². The number of rotatable bonds is 8. The van der Waals surface area contributed by atoms with Crippen LogP contribution in [-0.2, 0) is 0 Å². The third kappa shape index (κ3) is 4.85. The van der Waals surface area contributed by atoms with Crippen LogP contribution in [0.4, 0.5) is 11.4 Å². The van der Waals surface area contributed by atoms with Crippen molar-refractivity contribution in [2.45, 2.75) is 20.3 Å². The van der Waals surface area contributed by atoms with Gasteiger partial charge in [0.25, 0.3) is 0 Å². The van der Waals surface area contributed by atoms with Gasteiger partial charge in [0.2, 0.25) is 0 Å². The zero-order valence-electron chi connectivity index (χ0n) is 13.2. The molecular weight excluding hydrogens is 296 g/mol. The van der Waals surface area contributed by atoms with E-state index < -0.39 is 0 Å². The van der Waals surface area contributed by atoms with E-state index >= 15 is 0 Å². The molecule has 2 rings (SSSR count). The molecule has 0 atom stereocenters. The first-order chi connectivity index (χ1) is 10.7. The van der Waals surface area contributed by atoms with Crippen molar-refractivity contribution in [3.05, 3.63) is 53.1 Å². The smallest absolute Gasteiger partial charge is 0.119 e. The maximum absolute atomic E-state index is 6.11. The summed E-state index contributed by atoms with van der Waals surface area (Å²) in [6.45, 7) is 6.55. The molecule has 0 bridgehead atoms. The molecule has 0 saturated heterocycles. The topological polar surface area (TPSA) is 33.3 Å². The van der Waals surface area contributed by atoms with Crippen LogP contribution in [0.25, 0.3) is 0 Å². The van der Waals surface area contributed by atoms with Gasteiger partial charge in [0.1, 0.15) is 5.75 Å². The molecule has 0 unspecified atom stereocenters. The maximum Gasteiger partial charge on any atom is 0.119 e. The van der Waals surface area contributed by atoms with Gasteiger partial charge in [0.05, 0.1) is 6.61 Å². The quantitative estimate of drug-likeness (QED) is 0.675. The van der Waals surface area contributed by atoms with Crippen LogP contribution in [0.15, 0.2) is 42.5 Å². The fraction of sp³-hybridized carbons (Fsp3) is 0.333. The minimum Gasteiger partial charge on any atom is -0.494 e. The van der Waals surface area contributed by atoms with E-state index in [1.165, 1.54) is 0 Å². The summed E-state index contributed by atoms with van der Waals surface area (Å²) < 4.78 is 5.57. The second-order valence-corrected chi connectivity index (χ2v) is 5.55. The highest BCUT2D eigenvalue weighted by atomic mass is 35.5. The summed E-state index contributed by atoms with van der Waals surface area (Å²) in [7, 11) is 0. The second-order valence-electron chi connectivity index (χ2n) is 5.14. The lowest BCUT2D eigenvalue weighted by Crippen LogP contribution is -2.14. The van der Waals surface area contributed by atoms with Gasteiger partial charge in [-0.25, -0.2) is 0 Å². The van der Waals surface area contributed by atoms with E-state index in [9.17, 15) is 0 Å². The molecule has 0 aliphatic heterocycles. The van der Waals surface area contributed by atoms with Gasteiger partial charge >= 0.3 is 0 Å². The first kappa shape index (κ1) is 16.5. The van der Waals surface area contributed by atoms with Crippen molar-refractivity contribution in [3.63, 3.8) is 0 Å². The van der Waals surface area contributed by atoms with Crippen molar-refractivity contribution >= 4 is 23.0 Å². The molecule has 2 aromatic rings. The van der Waals surface area contributed by atoms with Crippen LogP contribution in [0.2, 0.25) is 5.02 Å². The van der Waals surface area contributed by atoms with Crippen molar-refractivity contribution < 1.29 is 4.74 Å². The van der Waals surface area contributed by atoms with Crippen LogP contribution < -0.4 is 15.4 Å². The van der Waals surface area contributed by atoms with Gasteiger partial charge in [0, 0.05) is 29.5 Å². The highest BCUT2D eigenvalue weighted by Crippen LogP contribution is 2.22. The van der Waals surface area contributed by atoms with Gasteiger partial charge < -0.3 is 15.4 Å². The number of anilines is 2. The van der Waals surface area contributed by atoms with Crippen LogP contribution in [-0.4, -0.2) is 19.7 Å². The van der Waals surface area contributed by atoms with Crippen LogP contribution in [0.5, 0.6) is 5.75 Å². The lowest BCUT2D eigenvalue weighted by atomic mass is 10.2. The predicted octanol–water partition coefficient (Wildman–Crippen LogP) is 4.96. The fourth-order valence-electron chi connectivity index (χ4n) is 2.09. The Hall–Kier alpha value is -1.87. The highest BCUT2D eigenvalue weighted by Gasteiger charge is 2.00. The van der Waals surface area contributed by atoms with Crippen molar-refractivity contribution in [3.8, 4) is 5.75 Å². The zero-order valence-corrected chi connectivity index (χ0v) is 13.9. The Kier molecular flexibility index (Phi) is 6.41. The standard InChI is InChI=1S/C18H23ClN2O/c1-3-13-22-16-9-7-15(8-10-16)20-11-12-21-18-6-4-5-17(19)14(18)2/h4-10,20-21H,3,11-13H2,1-2H3. The average molecular weight is 319 g/mol. The summed E-state index contributed by atoms with van der Waals surface area (Å²) >= 11 is 6.11. The highest BCUT2D eigenvalue weighted by molar-refractivity contribution is 6.31. The van der Waals surface area contributed by atoms with Gasteiger partial charge in [-0.3, -0.25) is 0 Å². The Balaban J connectivity index is 1.75. The molecule has 0 heterocycles. The van der Waals surface area contributed by atoms with E-state index in [1.807, 2.05) is 49.4 Å². The Morgan fingerprint density at radius 2 is 1.73 bits per heavy atom. The third-order valence-electron chi connectivity index (χ3n) is 3.36. The van der Waals surface area contributed by atoms with Gasteiger partial charge in [-0.1, -0.05) is 24.6 Å². The number of hydrogen-bond acceptors (Lipinski definition) is 3. The van der Waals surface area contributed by atoms with Gasteiger partial charge in [0.15, 0.2) is 0 Å². The SMILES string of the molecule is CCCOc1ccc(NCCNc2cccc(Cl)c2C)cc1. The minimum atomic E-state index is 0.760. The van der Waals surface area contributed by atoms with E-state index in [4.69, 9.17) is 16.3 Å². The molecule has 0 aliphatic carbocycles. The molecule has 0 aromatic heterocycles. The molecule has 0 spiro atoms. The van der Waals surface area contributed by atoms with Crippen LogP contribution >= 0.6 is 11.6 Å². The summed E-state index contributed by atoms with van der Waals surface area (Å²) in [5, 5.41) is 7.57. The van der Waals surface area contributed by atoms with E-state index in [0.29, 0.717) is 0 Å². The van der Waals surface area contributed by atoms with Crippen molar-refractivity contribution in [2.24, 2.45) is 0 Å². The lowest BCUT2D eigenvalue weighted by molar-refractivity contribution is 0.317. The Bertz CT molecular complexity index is 584. The van der Waals surface area contributed by atoms with Crippen LogP contribution in [0.1, 0.15) is 18.9 Å². The molecule has 4 heteroatoms. The minimum absolute atomic E-state index is 0.760. The van der Waals surface area contributed by atoms with Crippen molar-refractivity contribution in [2.75, 3.05) is 30.3 Å². The number of nitrogens with one attached hydrogen (secondary N) is 2.